The molecule has 0 fully saturated rings. The van der Waals surface area contributed by atoms with Crippen LogP contribution in [0.15, 0.2) is 29.1 Å². The van der Waals surface area contributed by atoms with Crippen molar-refractivity contribution in [2.75, 3.05) is 0 Å². The standard InChI is InChI=1S/C18H18N2O2S/c1-10-5-6-14(7-11(10)2)16(21)9-20-13(4)19-17-15(18(20)22)8-12(3)23-17/h5-8H,9H2,1-4H3. The van der Waals surface area contributed by atoms with E-state index in [1.807, 2.05) is 45.0 Å². The molecule has 0 N–H and O–H groups in total. The Morgan fingerprint density at radius 1 is 1.13 bits per heavy atom. The van der Waals surface area contributed by atoms with Crippen molar-refractivity contribution < 1.29 is 4.79 Å². The molecule has 0 aliphatic rings. The van der Waals surface area contributed by atoms with Crippen LogP contribution in [0.25, 0.3) is 10.2 Å². The highest BCUT2D eigenvalue weighted by atomic mass is 32.1. The van der Waals surface area contributed by atoms with Gasteiger partial charge in [-0.1, -0.05) is 12.1 Å². The zero-order valence-electron chi connectivity index (χ0n) is 13.6. The third-order valence-electron chi connectivity index (χ3n) is 4.10. The number of benzene rings is 1. The smallest absolute Gasteiger partial charge is 0.262 e. The van der Waals surface area contributed by atoms with Gasteiger partial charge in [0, 0.05) is 10.4 Å². The van der Waals surface area contributed by atoms with Crippen molar-refractivity contribution in [3.05, 3.63) is 62.0 Å². The van der Waals surface area contributed by atoms with Crippen molar-refractivity contribution in [2.45, 2.75) is 34.2 Å². The summed E-state index contributed by atoms with van der Waals surface area (Å²) in [6, 6.07) is 7.46. The first kappa shape index (κ1) is 15.6. The van der Waals surface area contributed by atoms with Crippen LogP contribution in [0.3, 0.4) is 0 Å². The van der Waals surface area contributed by atoms with Crippen LogP contribution in [0.5, 0.6) is 0 Å². The maximum atomic E-state index is 12.6. The van der Waals surface area contributed by atoms with Crippen LogP contribution in [0.1, 0.15) is 32.2 Å². The predicted octanol–water partition coefficient (Wildman–Crippen LogP) is 3.57. The van der Waals surface area contributed by atoms with Gasteiger partial charge in [0.1, 0.15) is 10.7 Å². The molecule has 0 amide bonds. The highest BCUT2D eigenvalue weighted by Gasteiger charge is 2.14. The van der Waals surface area contributed by atoms with Gasteiger partial charge < -0.3 is 0 Å². The van der Waals surface area contributed by atoms with Gasteiger partial charge in [0.05, 0.1) is 11.9 Å². The van der Waals surface area contributed by atoms with Gasteiger partial charge in [-0.25, -0.2) is 4.98 Å². The zero-order chi connectivity index (χ0) is 16.7. The molecule has 0 saturated heterocycles. The van der Waals surface area contributed by atoms with E-state index < -0.39 is 0 Å². The molecule has 2 heterocycles. The number of aromatic nitrogens is 2. The lowest BCUT2D eigenvalue weighted by atomic mass is 10.0. The molecule has 118 valence electrons. The molecule has 1 aromatic carbocycles. The molecule has 0 atom stereocenters. The molecule has 0 radical (unpaired) electrons. The number of Topliss-reactive ketones (excluding diaryl/α,β-unsaturated/α-hetero) is 1. The minimum atomic E-state index is -0.144. The monoisotopic (exact) mass is 326 g/mol. The van der Waals surface area contributed by atoms with E-state index in [0.29, 0.717) is 16.8 Å². The van der Waals surface area contributed by atoms with Gasteiger partial charge >= 0.3 is 0 Å². The normalized spacial score (nSPS) is 11.1. The Hall–Kier alpha value is -2.27. The van der Waals surface area contributed by atoms with Gasteiger partial charge in [0.25, 0.3) is 5.56 Å². The highest BCUT2D eigenvalue weighted by Crippen LogP contribution is 2.20. The Bertz CT molecular complexity index is 983. The summed E-state index contributed by atoms with van der Waals surface area (Å²) in [6.45, 7) is 7.72. The molecule has 2 aromatic heterocycles. The fraction of sp³-hybridized carbons (Fsp3) is 0.278. The molecular formula is C18H18N2O2S. The minimum Gasteiger partial charge on any atom is -0.292 e. The summed E-state index contributed by atoms with van der Waals surface area (Å²) >= 11 is 1.50. The third kappa shape index (κ3) is 2.84. The van der Waals surface area contributed by atoms with E-state index in [1.165, 1.54) is 15.9 Å². The largest absolute Gasteiger partial charge is 0.292 e. The number of fused-ring (bicyclic) bond motifs is 1. The first-order valence-corrected chi connectivity index (χ1v) is 8.26. The summed E-state index contributed by atoms with van der Waals surface area (Å²) in [5, 5.41) is 0.589. The van der Waals surface area contributed by atoms with Crippen LogP contribution in [0, 0.1) is 27.7 Å². The number of carbonyl (C=O) groups excluding carboxylic acids is 1. The predicted molar refractivity (Wildman–Crippen MR) is 93.6 cm³/mol. The SMILES string of the molecule is Cc1cc2c(=O)n(CC(=O)c3ccc(C)c(C)c3)c(C)nc2s1. The minimum absolute atomic E-state index is 0.0189. The molecule has 0 saturated carbocycles. The summed E-state index contributed by atoms with van der Waals surface area (Å²) in [4.78, 5) is 31.4. The number of thiophene rings is 1. The van der Waals surface area contributed by atoms with Crippen molar-refractivity contribution in [1.82, 2.24) is 9.55 Å². The summed E-state index contributed by atoms with van der Waals surface area (Å²) in [6.07, 6.45) is 0. The van der Waals surface area contributed by atoms with E-state index in [4.69, 9.17) is 0 Å². The van der Waals surface area contributed by atoms with E-state index in [0.717, 1.165) is 20.8 Å². The van der Waals surface area contributed by atoms with Gasteiger partial charge in [0.2, 0.25) is 0 Å². The fourth-order valence-corrected chi connectivity index (χ4v) is 3.49. The van der Waals surface area contributed by atoms with Crippen LogP contribution in [-0.2, 0) is 6.54 Å². The topological polar surface area (TPSA) is 52.0 Å². The van der Waals surface area contributed by atoms with Crippen molar-refractivity contribution in [2.24, 2.45) is 0 Å². The second-order valence-corrected chi connectivity index (χ2v) is 7.08. The Morgan fingerprint density at radius 3 is 2.57 bits per heavy atom. The molecule has 3 rings (SSSR count). The lowest BCUT2D eigenvalue weighted by Crippen LogP contribution is -2.27. The number of ketones is 1. The maximum absolute atomic E-state index is 12.6. The zero-order valence-corrected chi connectivity index (χ0v) is 14.5. The quantitative estimate of drug-likeness (QED) is 0.691. The maximum Gasteiger partial charge on any atom is 0.262 e. The summed E-state index contributed by atoms with van der Waals surface area (Å²) in [5.41, 5.74) is 2.70. The number of rotatable bonds is 3. The molecule has 23 heavy (non-hydrogen) atoms. The van der Waals surface area contributed by atoms with Crippen molar-refractivity contribution >= 4 is 27.3 Å². The second kappa shape index (κ2) is 5.74. The Labute approximate surface area is 138 Å². The van der Waals surface area contributed by atoms with Gasteiger partial charge in [-0.3, -0.25) is 14.2 Å². The lowest BCUT2D eigenvalue weighted by molar-refractivity contribution is 0.0969. The number of hydrogen-bond donors (Lipinski definition) is 0. The highest BCUT2D eigenvalue weighted by molar-refractivity contribution is 7.18. The van der Waals surface area contributed by atoms with Crippen molar-refractivity contribution in [1.29, 1.82) is 0 Å². The van der Waals surface area contributed by atoms with Gasteiger partial charge in [0.15, 0.2) is 5.78 Å². The first-order chi connectivity index (χ1) is 10.9. The van der Waals surface area contributed by atoms with Gasteiger partial charge in [-0.2, -0.15) is 0 Å². The fourth-order valence-electron chi connectivity index (χ4n) is 2.57. The summed E-state index contributed by atoms with van der Waals surface area (Å²) < 4.78 is 1.46. The third-order valence-corrected chi connectivity index (χ3v) is 5.04. The second-order valence-electron chi connectivity index (χ2n) is 5.85. The molecule has 5 heteroatoms. The molecular weight excluding hydrogens is 308 g/mol. The van der Waals surface area contributed by atoms with Crippen LogP contribution >= 0.6 is 11.3 Å². The van der Waals surface area contributed by atoms with Crippen LogP contribution in [0.2, 0.25) is 0 Å². The molecule has 0 bridgehead atoms. The molecule has 0 unspecified atom stereocenters. The lowest BCUT2D eigenvalue weighted by Gasteiger charge is -2.09. The van der Waals surface area contributed by atoms with Crippen LogP contribution in [0.4, 0.5) is 0 Å². The first-order valence-electron chi connectivity index (χ1n) is 7.45. The van der Waals surface area contributed by atoms with Crippen molar-refractivity contribution in [3.8, 4) is 0 Å². The van der Waals surface area contributed by atoms with E-state index in [-0.39, 0.29) is 17.9 Å². The van der Waals surface area contributed by atoms with Crippen LogP contribution < -0.4 is 5.56 Å². The Morgan fingerprint density at radius 2 is 1.87 bits per heavy atom. The number of aryl methyl sites for hydroxylation is 4. The van der Waals surface area contributed by atoms with Gasteiger partial charge in [-0.15, -0.1) is 11.3 Å². The average Bonchev–Trinajstić information content (AvgIpc) is 2.86. The Balaban J connectivity index is 2.02. The number of hydrogen-bond acceptors (Lipinski definition) is 4. The van der Waals surface area contributed by atoms with Gasteiger partial charge in [-0.05, 0) is 51.0 Å². The van der Waals surface area contributed by atoms with E-state index >= 15 is 0 Å². The molecule has 3 aromatic rings. The van der Waals surface area contributed by atoms with E-state index in [1.54, 1.807) is 6.92 Å². The molecule has 0 aliphatic heterocycles. The summed E-state index contributed by atoms with van der Waals surface area (Å²) in [5.74, 6) is 0.493. The number of carbonyl (C=O) groups is 1. The molecule has 0 aliphatic carbocycles. The molecule has 0 spiro atoms. The average molecular weight is 326 g/mol. The summed E-state index contributed by atoms with van der Waals surface area (Å²) in [7, 11) is 0. The number of nitrogens with zero attached hydrogens (tertiary/aromatic N) is 2. The van der Waals surface area contributed by atoms with E-state index in [9.17, 15) is 9.59 Å². The van der Waals surface area contributed by atoms with E-state index in [2.05, 4.69) is 4.98 Å². The Kier molecular flexibility index (Phi) is 3.90. The van der Waals surface area contributed by atoms with Crippen molar-refractivity contribution in [3.63, 3.8) is 0 Å². The van der Waals surface area contributed by atoms with Crippen LogP contribution in [-0.4, -0.2) is 15.3 Å². The molecule has 4 nitrogen and oxygen atoms in total.